The van der Waals surface area contributed by atoms with Crippen molar-refractivity contribution in [3.8, 4) is 17.7 Å². The van der Waals surface area contributed by atoms with Gasteiger partial charge in [0.15, 0.2) is 0 Å². The van der Waals surface area contributed by atoms with Gasteiger partial charge in [0.1, 0.15) is 12.3 Å². The molecule has 1 aromatic carbocycles. The second-order valence-corrected chi connectivity index (χ2v) is 4.62. The number of hydrogen-bond donors (Lipinski definition) is 1. The summed E-state index contributed by atoms with van der Waals surface area (Å²) in [5, 5.41) is 18.6. The van der Waals surface area contributed by atoms with Gasteiger partial charge in [0.25, 0.3) is 0 Å². The molecule has 0 fully saturated rings. The molecule has 0 saturated carbocycles. The van der Waals surface area contributed by atoms with E-state index < -0.39 is 5.97 Å². The maximum atomic E-state index is 10.9. The van der Waals surface area contributed by atoms with Crippen LogP contribution in [-0.4, -0.2) is 20.6 Å². The fraction of sp³-hybridized carbons (Fsp3) is 0.0625. The molecule has 0 amide bonds. The Balaban J connectivity index is 1.99. The Morgan fingerprint density at radius 1 is 1.36 bits per heavy atom. The molecule has 0 spiro atoms. The van der Waals surface area contributed by atoms with E-state index in [9.17, 15) is 4.79 Å². The molecule has 0 radical (unpaired) electrons. The summed E-state index contributed by atoms with van der Waals surface area (Å²) in [4.78, 5) is 14.9. The lowest BCUT2D eigenvalue weighted by atomic mass is 10.2. The van der Waals surface area contributed by atoms with Crippen LogP contribution in [0.4, 0.5) is 0 Å². The molecule has 108 valence electrons. The molecule has 3 rings (SSSR count). The quantitative estimate of drug-likeness (QED) is 0.799. The lowest BCUT2D eigenvalue weighted by Crippen LogP contribution is -2.07. The van der Waals surface area contributed by atoms with Gasteiger partial charge in [0.05, 0.1) is 17.1 Å². The van der Waals surface area contributed by atoms with E-state index in [0.717, 1.165) is 10.9 Å². The molecule has 22 heavy (non-hydrogen) atoms. The molecule has 0 aliphatic carbocycles. The van der Waals surface area contributed by atoms with Crippen LogP contribution in [0, 0.1) is 11.3 Å². The lowest BCUT2D eigenvalue weighted by Gasteiger charge is -2.07. The van der Waals surface area contributed by atoms with Crippen LogP contribution in [0.2, 0.25) is 0 Å². The maximum Gasteiger partial charge on any atom is 0.323 e. The van der Waals surface area contributed by atoms with Crippen LogP contribution in [0.5, 0.6) is 11.6 Å². The average molecular weight is 293 g/mol. The Bertz CT molecular complexity index is 893. The van der Waals surface area contributed by atoms with Crippen LogP contribution in [0.1, 0.15) is 5.56 Å². The number of carboxylic acids is 1. The molecule has 6 heteroatoms. The summed E-state index contributed by atoms with van der Waals surface area (Å²) in [5.74, 6) is -0.0334. The zero-order chi connectivity index (χ0) is 15.5. The van der Waals surface area contributed by atoms with Crippen molar-refractivity contribution >= 4 is 16.9 Å². The largest absolute Gasteiger partial charge is 0.480 e. The fourth-order valence-corrected chi connectivity index (χ4v) is 2.22. The molecule has 0 aliphatic heterocycles. The number of pyridine rings is 1. The first-order valence-corrected chi connectivity index (χ1v) is 6.51. The molecule has 3 aromatic rings. The predicted molar refractivity (Wildman–Crippen MR) is 78.6 cm³/mol. The Morgan fingerprint density at radius 2 is 2.23 bits per heavy atom. The Morgan fingerprint density at radius 3 is 3.00 bits per heavy atom. The van der Waals surface area contributed by atoms with Crippen molar-refractivity contribution in [1.29, 1.82) is 5.26 Å². The normalized spacial score (nSPS) is 10.3. The number of hydrogen-bond acceptors (Lipinski definition) is 4. The monoisotopic (exact) mass is 293 g/mol. The number of aromatic nitrogens is 2. The molecular formula is C16H11N3O3. The number of carboxylic acid groups (broad SMARTS) is 1. The fourth-order valence-electron chi connectivity index (χ4n) is 2.22. The molecule has 1 N–H and O–H groups in total. The van der Waals surface area contributed by atoms with Crippen LogP contribution in [0.25, 0.3) is 10.9 Å². The van der Waals surface area contributed by atoms with Gasteiger partial charge < -0.3 is 14.4 Å². The summed E-state index contributed by atoms with van der Waals surface area (Å²) in [6.07, 6.45) is 3.20. The molecule has 0 saturated heterocycles. The van der Waals surface area contributed by atoms with E-state index >= 15 is 0 Å². The molecule has 0 aliphatic rings. The molecule has 2 aromatic heterocycles. The van der Waals surface area contributed by atoms with E-state index in [1.807, 2.05) is 12.1 Å². The van der Waals surface area contributed by atoms with Crippen molar-refractivity contribution in [3.63, 3.8) is 0 Å². The van der Waals surface area contributed by atoms with Crippen molar-refractivity contribution in [2.24, 2.45) is 0 Å². The van der Waals surface area contributed by atoms with E-state index in [1.54, 1.807) is 41.1 Å². The summed E-state index contributed by atoms with van der Waals surface area (Å²) < 4.78 is 7.36. The van der Waals surface area contributed by atoms with Crippen LogP contribution >= 0.6 is 0 Å². The van der Waals surface area contributed by atoms with Crippen molar-refractivity contribution in [3.05, 3.63) is 54.4 Å². The Kier molecular flexibility index (Phi) is 3.46. The number of rotatable bonds is 4. The first-order chi connectivity index (χ1) is 10.7. The minimum atomic E-state index is -0.910. The molecule has 0 bridgehead atoms. The first kappa shape index (κ1) is 13.6. The van der Waals surface area contributed by atoms with Gasteiger partial charge in [-0.25, -0.2) is 4.98 Å². The summed E-state index contributed by atoms with van der Waals surface area (Å²) in [5.41, 5.74) is 1.22. The van der Waals surface area contributed by atoms with Crippen LogP contribution in [0.15, 0.2) is 48.8 Å². The van der Waals surface area contributed by atoms with Crippen LogP contribution in [-0.2, 0) is 11.3 Å². The Labute approximate surface area is 125 Å². The SMILES string of the molecule is N#Cc1ccnc(Oc2cccc3c2ccn3CC(=O)O)c1. The summed E-state index contributed by atoms with van der Waals surface area (Å²) in [6, 6.07) is 12.3. The van der Waals surface area contributed by atoms with Gasteiger partial charge in [0, 0.05) is 23.8 Å². The van der Waals surface area contributed by atoms with Gasteiger partial charge in [-0.3, -0.25) is 4.79 Å². The van der Waals surface area contributed by atoms with Crippen LogP contribution in [0.3, 0.4) is 0 Å². The number of fused-ring (bicyclic) bond motifs is 1. The summed E-state index contributed by atoms with van der Waals surface area (Å²) in [7, 11) is 0. The highest BCUT2D eigenvalue weighted by atomic mass is 16.5. The summed E-state index contributed by atoms with van der Waals surface area (Å²) >= 11 is 0. The lowest BCUT2D eigenvalue weighted by molar-refractivity contribution is -0.137. The van der Waals surface area contributed by atoms with Crippen molar-refractivity contribution in [2.45, 2.75) is 6.54 Å². The standard InChI is InChI=1S/C16H11N3O3/c17-9-11-4-6-18-15(8-11)22-14-3-1-2-13-12(14)5-7-19(13)10-16(20)21/h1-8H,10H2,(H,20,21). The molecule has 0 unspecified atom stereocenters. The molecule has 0 atom stereocenters. The number of nitriles is 1. The summed E-state index contributed by atoms with van der Waals surface area (Å²) in [6.45, 7) is -0.116. The maximum absolute atomic E-state index is 10.9. The van der Waals surface area contributed by atoms with E-state index in [0.29, 0.717) is 17.2 Å². The van der Waals surface area contributed by atoms with Gasteiger partial charge in [0.2, 0.25) is 5.88 Å². The molecule has 6 nitrogen and oxygen atoms in total. The number of aliphatic carboxylic acids is 1. The third-order valence-corrected chi connectivity index (χ3v) is 3.16. The van der Waals surface area contributed by atoms with E-state index in [1.165, 1.54) is 6.20 Å². The molecule has 2 heterocycles. The van der Waals surface area contributed by atoms with Crippen molar-refractivity contribution in [1.82, 2.24) is 9.55 Å². The number of benzene rings is 1. The van der Waals surface area contributed by atoms with Gasteiger partial charge >= 0.3 is 5.97 Å². The van der Waals surface area contributed by atoms with E-state index in [4.69, 9.17) is 15.1 Å². The predicted octanol–water partition coefficient (Wildman–Crippen LogP) is 2.78. The van der Waals surface area contributed by atoms with E-state index in [2.05, 4.69) is 4.98 Å². The van der Waals surface area contributed by atoms with Crippen LogP contribution < -0.4 is 4.74 Å². The molecular weight excluding hydrogens is 282 g/mol. The van der Waals surface area contributed by atoms with E-state index in [-0.39, 0.29) is 6.54 Å². The van der Waals surface area contributed by atoms with Gasteiger partial charge in [-0.15, -0.1) is 0 Å². The highest BCUT2D eigenvalue weighted by Gasteiger charge is 2.10. The number of nitrogens with zero attached hydrogens (tertiary/aromatic N) is 3. The second kappa shape index (κ2) is 5.58. The number of ether oxygens (including phenoxy) is 1. The Hall–Kier alpha value is -3.33. The number of carbonyl (C=O) groups is 1. The third-order valence-electron chi connectivity index (χ3n) is 3.16. The first-order valence-electron chi connectivity index (χ1n) is 6.51. The van der Waals surface area contributed by atoms with Gasteiger partial charge in [-0.2, -0.15) is 5.26 Å². The highest BCUT2D eigenvalue weighted by molar-refractivity contribution is 5.87. The van der Waals surface area contributed by atoms with Gasteiger partial charge in [-0.05, 0) is 24.3 Å². The zero-order valence-corrected chi connectivity index (χ0v) is 11.4. The minimum absolute atomic E-state index is 0.116. The van der Waals surface area contributed by atoms with Gasteiger partial charge in [-0.1, -0.05) is 6.07 Å². The third kappa shape index (κ3) is 2.60. The zero-order valence-electron chi connectivity index (χ0n) is 11.4. The second-order valence-electron chi connectivity index (χ2n) is 4.62. The smallest absolute Gasteiger partial charge is 0.323 e. The van der Waals surface area contributed by atoms with Crippen molar-refractivity contribution in [2.75, 3.05) is 0 Å². The highest BCUT2D eigenvalue weighted by Crippen LogP contribution is 2.30. The topological polar surface area (TPSA) is 88.1 Å². The average Bonchev–Trinajstić information content (AvgIpc) is 2.91. The minimum Gasteiger partial charge on any atom is -0.480 e. The van der Waals surface area contributed by atoms with Crippen molar-refractivity contribution < 1.29 is 14.6 Å².